The monoisotopic (exact) mass is 894 g/mol. The van der Waals surface area contributed by atoms with Gasteiger partial charge in [-0.15, -0.1) is 0 Å². The molecule has 0 aliphatic carbocycles. The minimum absolute atomic E-state index is 0.0111. The predicted molar refractivity (Wildman–Crippen MR) is 258 cm³/mol. The average molecular weight is 894 g/mol. The van der Waals surface area contributed by atoms with Crippen LogP contribution in [0.5, 0.6) is 0 Å². The molecular weight excluding hydrogens is 802 g/mol. The van der Waals surface area contributed by atoms with Crippen LogP contribution >= 0.6 is 7.82 Å². The second-order valence-electron chi connectivity index (χ2n) is 16.6. The van der Waals surface area contributed by atoms with E-state index >= 15 is 0 Å². The first-order chi connectivity index (χ1) is 30.2. The van der Waals surface area contributed by atoms with Crippen molar-refractivity contribution in [1.82, 2.24) is 0 Å². The lowest BCUT2D eigenvalue weighted by Gasteiger charge is -2.20. The van der Waals surface area contributed by atoms with Crippen molar-refractivity contribution in [3.63, 3.8) is 0 Å². The molecule has 0 aromatic rings. The molecule has 0 saturated heterocycles. The molecule has 0 fully saturated rings. The van der Waals surface area contributed by atoms with E-state index in [1.807, 2.05) is 0 Å². The number of carbonyl (C=O) groups is 2. The van der Waals surface area contributed by atoms with Gasteiger partial charge in [0.2, 0.25) is 0 Å². The first kappa shape index (κ1) is 59.7. The second-order valence-corrected chi connectivity index (χ2v) is 18.0. The average Bonchev–Trinajstić information content (AvgIpc) is 3.25. The number of nitrogens with two attached hydrogens (primary N) is 1. The van der Waals surface area contributed by atoms with Crippen LogP contribution in [0.3, 0.4) is 0 Å². The molecule has 10 nitrogen and oxygen atoms in total. The van der Waals surface area contributed by atoms with Gasteiger partial charge in [0.25, 0.3) is 0 Å². The maximum absolute atomic E-state index is 12.7. The lowest BCUT2D eigenvalue weighted by molar-refractivity contribution is -0.154. The number of carboxylic acid groups (broad SMARTS) is 1. The second kappa shape index (κ2) is 46.7. The van der Waals surface area contributed by atoms with E-state index in [0.29, 0.717) is 13.0 Å². The van der Waals surface area contributed by atoms with Gasteiger partial charge in [0.1, 0.15) is 12.1 Å². The van der Waals surface area contributed by atoms with Gasteiger partial charge >= 0.3 is 19.8 Å². The summed E-state index contributed by atoms with van der Waals surface area (Å²) in [7, 11) is -4.62. The molecule has 4 N–H and O–H groups in total. The van der Waals surface area contributed by atoms with Crippen LogP contribution in [-0.4, -0.2) is 60.5 Å². The van der Waals surface area contributed by atoms with E-state index in [-0.39, 0.29) is 13.0 Å². The summed E-state index contributed by atoms with van der Waals surface area (Å²) in [5, 5.41) is 8.92. The van der Waals surface area contributed by atoms with Crippen molar-refractivity contribution in [1.29, 1.82) is 0 Å². The molecule has 0 aromatic heterocycles. The number of allylic oxidation sites excluding steroid dienone is 10. The highest BCUT2D eigenvalue weighted by atomic mass is 31.2. The Hall–Kier alpha value is -2.33. The number of aliphatic carboxylic acids is 1. The molecule has 0 aliphatic heterocycles. The first-order valence-corrected chi connectivity index (χ1v) is 26.3. The molecule has 0 bridgehead atoms. The summed E-state index contributed by atoms with van der Waals surface area (Å²) < 4.78 is 33.5. The third-order valence-electron chi connectivity index (χ3n) is 10.6. The smallest absolute Gasteiger partial charge is 0.472 e. The first-order valence-electron chi connectivity index (χ1n) is 24.8. The number of carbonyl (C=O) groups excluding carboxylic acids is 1. The van der Waals surface area contributed by atoms with E-state index in [2.05, 4.69) is 74.6 Å². The van der Waals surface area contributed by atoms with Crippen molar-refractivity contribution in [2.24, 2.45) is 5.73 Å². The van der Waals surface area contributed by atoms with Gasteiger partial charge in [0.15, 0.2) is 0 Å². The molecule has 0 rings (SSSR count). The van der Waals surface area contributed by atoms with Crippen molar-refractivity contribution >= 4 is 19.8 Å². The Balaban J connectivity index is 4.16. The standard InChI is InChI=1S/C51H92NO9P/c1-3-5-7-9-11-13-15-17-19-21-22-23-24-25-26-27-28-30-32-34-36-38-40-42-44-58-45-48(46-59-62(56,57)60-47-49(52)51(54)55)61-50(53)43-41-39-37-35-33-31-29-20-18-16-14-12-10-8-6-4-2/h5,7,11,13,17,19,22-23,25-26,48-49H,3-4,6,8-10,12,14-16,18,20-21,24,27-47,52H2,1-2H3,(H,54,55)(H,56,57)/b7-5-,13-11-,19-17-,23-22-,26-25-. The Morgan fingerprint density at radius 1 is 0.532 bits per heavy atom. The molecule has 11 heteroatoms. The van der Waals surface area contributed by atoms with Gasteiger partial charge in [-0.2, -0.15) is 0 Å². The van der Waals surface area contributed by atoms with Crippen LogP contribution in [0, 0.1) is 0 Å². The van der Waals surface area contributed by atoms with Crippen molar-refractivity contribution in [2.75, 3.05) is 26.4 Å². The fourth-order valence-corrected chi connectivity index (χ4v) is 7.53. The molecule has 3 unspecified atom stereocenters. The van der Waals surface area contributed by atoms with Gasteiger partial charge < -0.3 is 25.2 Å². The van der Waals surface area contributed by atoms with E-state index < -0.39 is 45.1 Å². The van der Waals surface area contributed by atoms with Gasteiger partial charge in [-0.05, 0) is 57.8 Å². The normalized spacial score (nSPS) is 14.3. The van der Waals surface area contributed by atoms with Crippen LogP contribution < -0.4 is 5.73 Å². The van der Waals surface area contributed by atoms with Gasteiger partial charge in [-0.25, -0.2) is 4.57 Å². The van der Waals surface area contributed by atoms with Gasteiger partial charge in [-0.1, -0.05) is 209 Å². The summed E-state index contributed by atoms with van der Waals surface area (Å²) in [6.45, 7) is 3.77. The molecule has 360 valence electrons. The number of phosphoric ester groups is 1. The lowest BCUT2D eigenvalue weighted by Crippen LogP contribution is -2.34. The largest absolute Gasteiger partial charge is 0.480 e. The predicted octanol–water partition coefficient (Wildman–Crippen LogP) is 14.4. The number of phosphoric acid groups is 1. The Morgan fingerprint density at radius 3 is 1.40 bits per heavy atom. The highest BCUT2D eigenvalue weighted by Crippen LogP contribution is 2.43. The molecular formula is C51H92NO9P. The van der Waals surface area contributed by atoms with Gasteiger partial charge in [0, 0.05) is 13.0 Å². The van der Waals surface area contributed by atoms with Crippen molar-refractivity contribution in [2.45, 2.75) is 225 Å². The van der Waals surface area contributed by atoms with Gasteiger partial charge in [0.05, 0.1) is 19.8 Å². The zero-order chi connectivity index (χ0) is 45.5. The SMILES string of the molecule is CC/C=C\C/C=C\C/C=C\C/C=C\C/C=C\CCCCCCCCCCOCC(COP(=O)(O)OCC(N)C(=O)O)OC(=O)CCCCCCCCCCCCCCCCCC. The third-order valence-corrected chi connectivity index (χ3v) is 11.5. The van der Waals surface area contributed by atoms with E-state index in [1.165, 1.54) is 116 Å². The van der Waals surface area contributed by atoms with Crippen LogP contribution in [-0.2, 0) is 32.7 Å². The highest BCUT2D eigenvalue weighted by Gasteiger charge is 2.27. The Bertz CT molecular complexity index is 1220. The van der Waals surface area contributed by atoms with Crippen LogP contribution in [0.25, 0.3) is 0 Å². The molecule has 62 heavy (non-hydrogen) atoms. The maximum Gasteiger partial charge on any atom is 0.472 e. The van der Waals surface area contributed by atoms with Crippen molar-refractivity contribution in [3.8, 4) is 0 Å². The van der Waals surface area contributed by atoms with E-state index in [9.17, 15) is 19.0 Å². The summed E-state index contributed by atoms with van der Waals surface area (Å²) in [4.78, 5) is 33.6. The number of hydrogen-bond acceptors (Lipinski definition) is 8. The number of ether oxygens (including phenoxy) is 2. The molecule has 0 heterocycles. The minimum atomic E-state index is -4.62. The van der Waals surface area contributed by atoms with Crippen LogP contribution in [0.4, 0.5) is 0 Å². The molecule has 0 saturated carbocycles. The molecule has 0 aromatic carbocycles. The summed E-state index contributed by atoms with van der Waals surface area (Å²) in [6.07, 6.45) is 57.0. The van der Waals surface area contributed by atoms with E-state index in [4.69, 9.17) is 29.4 Å². The van der Waals surface area contributed by atoms with Crippen LogP contribution in [0.1, 0.15) is 213 Å². The van der Waals surface area contributed by atoms with Crippen LogP contribution in [0.2, 0.25) is 0 Å². The summed E-state index contributed by atoms with van der Waals surface area (Å²) in [5.74, 6) is -1.78. The number of rotatable bonds is 47. The molecule has 3 atom stereocenters. The third kappa shape index (κ3) is 45.7. The van der Waals surface area contributed by atoms with Crippen molar-refractivity contribution < 1.29 is 42.7 Å². The summed E-state index contributed by atoms with van der Waals surface area (Å²) >= 11 is 0. The zero-order valence-corrected chi connectivity index (χ0v) is 40.3. The maximum atomic E-state index is 12.7. The highest BCUT2D eigenvalue weighted by molar-refractivity contribution is 7.47. The Labute approximate surface area is 379 Å². The van der Waals surface area contributed by atoms with E-state index in [1.54, 1.807) is 0 Å². The summed E-state index contributed by atoms with van der Waals surface area (Å²) in [6, 6.07) is -1.48. The zero-order valence-electron chi connectivity index (χ0n) is 39.5. The molecule has 0 aliphatic rings. The molecule has 0 amide bonds. The lowest BCUT2D eigenvalue weighted by atomic mass is 10.0. The Morgan fingerprint density at radius 2 is 0.935 bits per heavy atom. The quantitative estimate of drug-likeness (QED) is 0.0233. The number of esters is 1. The molecule has 0 spiro atoms. The van der Waals surface area contributed by atoms with Crippen LogP contribution in [0.15, 0.2) is 60.8 Å². The molecule has 0 radical (unpaired) electrons. The fourth-order valence-electron chi connectivity index (χ4n) is 6.75. The number of carboxylic acids is 1. The fraction of sp³-hybridized carbons (Fsp3) is 0.765. The minimum Gasteiger partial charge on any atom is -0.480 e. The van der Waals surface area contributed by atoms with E-state index in [0.717, 1.165) is 70.6 Å². The van der Waals surface area contributed by atoms with Gasteiger partial charge in [-0.3, -0.25) is 18.6 Å². The topological polar surface area (TPSA) is 155 Å². The van der Waals surface area contributed by atoms with Crippen molar-refractivity contribution in [3.05, 3.63) is 60.8 Å². The summed E-state index contributed by atoms with van der Waals surface area (Å²) in [5.41, 5.74) is 5.37. The number of hydrogen-bond donors (Lipinski definition) is 3. The Kier molecular flexibility index (Phi) is 44.9. The number of unbranched alkanes of at least 4 members (excludes halogenated alkanes) is 23.